The van der Waals surface area contributed by atoms with Crippen molar-refractivity contribution in [2.24, 2.45) is 5.92 Å². The molecule has 2 atom stereocenters. The molecule has 0 aliphatic carbocycles. The summed E-state index contributed by atoms with van der Waals surface area (Å²) in [6, 6.07) is 8.33. The molecular weight excluding hydrogens is 226 g/mol. The normalized spacial score (nSPS) is 23.7. The molecule has 2 rings (SSSR count). The molecule has 1 aromatic carbocycles. The summed E-state index contributed by atoms with van der Waals surface area (Å²) in [6.07, 6.45) is 1.57. The summed E-state index contributed by atoms with van der Waals surface area (Å²) in [5.41, 5.74) is 2.37. The van der Waals surface area contributed by atoms with Crippen molar-refractivity contribution in [2.75, 3.05) is 20.2 Å². The second-order valence-corrected chi connectivity index (χ2v) is 5.07. The lowest BCUT2D eigenvalue weighted by Gasteiger charge is -2.30. The Morgan fingerprint density at radius 2 is 2.33 bits per heavy atom. The molecule has 2 unspecified atom stereocenters. The number of methoxy groups -OCH3 is 1. The van der Waals surface area contributed by atoms with Crippen molar-refractivity contribution < 1.29 is 9.53 Å². The Bertz CT molecular complexity index is 417. The van der Waals surface area contributed by atoms with Gasteiger partial charge in [-0.3, -0.25) is 4.79 Å². The molecule has 1 saturated heterocycles. The summed E-state index contributed by atoms with van der Waals surface area (Å²) >= 11 is 0. The van der Waals surface area contributed by atoms with E-state index in [1.807, 2.05) is 12.1 Å². The molecule has 3 heteroatoms. The predicted octanol–water partition coefficient (Wildman–Crippen LogP) is 2.12. The van der Waals surface area contributed by atoms with E-state index >= 15 is 0 Å². The number of rotatable bonds is 3. The van der Waals surface area contributed by atoms with Crippen LogP contribution in [0.3, 0.4) is 0 Å². The predicted molar refractivity (Wildman–Crippen MR) is 71.6 cm³/mol. The van der Waals surface area contributed by atoms with Gasteiger partial charge in [-0.1, -0.05) is 31.2 Å². The van der Waals surface area contributed by atoms with Crippen molar-refractivity contribution in [3.63, 3.8) is 0 Å². The molecule has 1 aliphatic rings. The van der Waals surface area contributed by atoms with Gasteiger partial charge in [-0.2, -0.15) is 0 Å². The molecule has 3 nitrogen and oxygen atoms in total. The Morgan fingerprint density at radius 1 is 1.50 bits per heavy atom. The highest BCUT2D eigenvalue weighted by molar-refractivity contribution is 5.72. The third kappa shape index (κ3) is 3.10. The lowest BCUT2D eigenvalue weighted by molar-refractivity contribution is -0.139. The van der Waals surface area contributed by atoms with Gasteiger partial charge in [-0.25, -0.2) is 0 Å². The van der Waals surface area contributed by atoms with Crippen LogP contribution in [0.5, 0.6) is 0 Å². The summed E-state index contributed by atoms with van der Waals surface area (Å²) in [4.78, 5) is 11.3. The third-order valence-electron chi connectivity index (χ3n) is 3.78. The van der Waals surface area contributed by atoms with Crippen LogP contribution in [-0.4, -0.2) is 26.2 Å². The van der Waals surface area contributed by atoms with Crippen LogP contribution in [0.4, 0.5) is 0 Å². The summed E-state index contributed by atoms with van der Waals surface area (Å²) in [5.74, 6) is 1.07. The molecule has 1 fully saturated rings. The Kier molecular flexibility index (Phi) is 4.37. The van der Waals surface area contributed by atoms with Crippen molar-refractivity contribution in [1.29, 1.82) is 0 Å². The maximum Gasteiger partial charge on any atom is 0.309 e. The molecule has 0 amide bonds. The smallest absolute Gasteiger partial charge is 0.309 e. The minimum absolute atomic E-state index is 0.179. The van der Waals surface area contributed by atoms with Gasteiger partial charge in [-0.15, -0.1) is 0 Å². The zero-order chi connectivity index (χ0) is 13.0. The van der Waals surface area contributed by atoms with Crippen LogP contribution in [0.1, 0.15) is 30.4 Å². The third-order valence-corrected chi connectivity index (χ3v) is 3.78. The zero-order valence-electron chi connectivity index (χ0n) is 11.1. The molecule has 0 radical (unpaired) electrons. The van der Waals surface area contributed by atoms with Crippen molar-refractivity contribution in [3.05, 3.63) is 35.4 Å². The van der Waals surface area contributed by atoms with E-state index in [0.717, 1.165) is 18.7 Å². The molecule has 98 valence electrons. The second kappa shape index (κ2) is 6.01. The van der Waals surface area contributed by atoms with Gasteiger partial charge in [0.15, 0.2) is 0 Å². The van der Waals surface area contributed by atoms with Crippen LogP contribution in [0.15, 0.2) is 24.3 Å². The topological polar surface area (TPSA) is 38.3 Å². The van der Waals surface area contributed by atoms with Gasteiger partial charge in [-0.05, 0) is 35.9 Å². The standard InChI is InChI=1S/C15H21NO2/c1-11-6-7-16-10-14(11)13-5-3-4-12(8-13)9-15(17)18-2/h3-5,8,11,14,16H,6-7,9-10H2,1-2H3. The zero-order valence-corrected chi connectivity index (χ0v) is 11.1. The fourth-order valence-electron chi connectivity index (χ4n) is 2.61. The van der Waals surface area contributed by atoms with Gasteiger partial charge in [0.2, 0.25) is 0 Å². The van der Waals surface area contributed by atoms with Gasteiger partial charge in [0.1, 0.15) is 0 Å². The average Bonchev–Trinajstić information content (AvgIpc) is 2.39. The summed E-state index contributed by atoms with van der Waals surface area (Å²) in [5, 5.41) is 3.44. The lowest BCUT2D eigenvalue weighted by Crippen LogP contribution is -2.33. The fraction of sp³-hybridized carbons (Fsp3) is 0.533. The largest absolute Gasteiger partial charge is 0.469 e. The second-order valence-electron chi connectivity index (χ2n) is 5.07. The van der Waals surface area contributed by atoms with Crippen LogP contribution in [-0.2, 0) is 16.0 Å². The van der Waals surface area contributed by atoms with Crippen LogP contribution >= 0.6 is 0 Å². The number of esters is 1. The maximum absolute atomic E-state index is 11.3. The fourth-order valence-corrected chi connectivity index (χ4v) is 2.61. The van der Waals surface area contributed by atoms with Gasteiger partial charge in [0, 0.05) is 6.54 Å². The van der Waals surface area contributed by atoms with Crippen LogP contribution < -0.4 is 5.32 Å². The number of carbonyl (C=O) groups is 1. The SMILES string of the molecule is COC(=O)Cc1cccc(C2CNCCC2C)c1. The highest BCUT2D eigenvalue weighted by atomic mass is 16.5. The Labute approximate surface area is 109 Å². The van der Waals surface area contributed by atoms with E-state index in [0.29, 0.717) is 18.3 Å². The monoisotopic (exact) mass is 247 g/mol. The highest BCUT2D eigenvalue weighted by Crippen LogP contribution is 2.29. The van der Waals surface area contributed by atoms with E-state index in [9.17, 15) is 4.79 Å². The van der Waals surface area contributed by atoms with E-state index in [4.69, 9.17) is 4.74 Å². The van der Waals surface area contributed by atoms with E-state index < -0.39 is 0 Å². The van der Waals surface area contributed by atoms with Crippen LogP contribution in [0.2, 0.25) is 0 Å². The number of piperidine rings is 1. The van der Waals surface area contributed by atoms with Gasteiger partial charge < -0.3 is 10.1 Å². The first-order chi connectivity index (χ1) is 8.70. The molecule has 0 saturated carbocycles. The molecule has 1 aromatic rings. The lowest BCUT2D eigenvalue weighted by atomic mass is 9.82. The quantitative estimate of drug-likeness (QED) is 0.831. The maximum atomic E-state index is 11.3. The van der Waals surface area contributed by atoms with E-state index in [1.54, 1.807) is 0 Å². The van der Waals surface area contributed by atoms with Crippen molar-refractivity contribution in [2.45, 2.75) is 25.7 Å². The van der Waals surface area contributed by atoms with Gasteiger partial charge in [0.25, 0.3) is 0 Å². The average molecular weight is 247 g/mol. The Balaban J connectivity index is 2.13. The van der Waals surface area contributed by atoms with Crippen molar-refractivity contribution >= 4 is 5.97 Å². The van der Waals surface area contributed by atoms with E-state index in [1.165, 1.54) is 19.1 Å². The first-order valence-corrected chi connectivity index (χ1v) is 6.57. The minimum atomic E-state index is -0.179. The van der Waals surface area contributed by atoms with E-state index in [-0.39, 0.29) is 5.97 Å². The first kappa shape index (κ1) is 13.1. The highest BCUT2D eigenvalue weighted by Gasteiger charge is 2.22. The summed E-state index contributed by atoms with van der Waals surface area (Å²) in [7, 11) is 1.43. The van der Waals surface area contributed by atoms with Crippen LogP contribution in [0, 0.1) is 5.92 Å². The molecule has 1 aliphatic heterocycles. The van der Waals surface area contributed by atoms with Gasteiger partial charge >= 0.3 is 5.97 Å². The van der Waals surface area contributed by atoms with Crippen LogP contribution in [0.25, 0.3) is 0 Å². The molecule has 18 heavy (non-hydrogen) atoms. The van der Waals surface area contributed by atoms with Crippen molar-refractivity contribution in [1.82, 2.24) is 5.32 Å². The Hall–Kier alpha value is -1.35. The summed E-state index contributed by atoms with van der Waals surface area (Å²) in [6.45, 7) is 4.45. The molecule has 1 heterocycles. The molecule has 1 N–H and O–H groups in total. The molecular formula is C15H21NO2. The molecule has 0 spiro atoms. The number of ether oxygens (including phenoxy) is 1. The Morgan fingerprint density at radius 3 is 3.06 bits per heavy atom. The number of hydrogen-bond donors (Lipinski definition) is 1. The number of benzene rings is 1. The number of carbonyl (C=O) groups excluding carboxylic acids is 1. The molecule has 0 aromatic heterocycles. The first-order valence-electron chi connectivity index (χ1n) is 6.57. The minimum Gasteiger partial charge on any atom is -0.469 e. The van der Waals surface area contributed by atoms with Gasteiger partial charge in [0.05, 0.1) is 13.5 Å². The summed E-state index contributed by atoms with van der Waals surface area (Å²) < 4.78 is 4.71. The molecule has 0 bridgehead atoms. The van der Waals surface area contributed by atoms with E-state index in [2.05, 4.69) is 24.4 Å². The number of hydrogen-bond acceptors (Lipinski definition) is 3. The number of nitrogens with one attached hydrogen (secondary N) is 1. The van der Waals surface area contributed by atoms with Crippen molar-refractivity contribution in [3.8, 4) is 0 Å².